The van der Waals surface area contributed by atoms with Crippen molar-refractivity contribution < 1.29 is 9.59 Å². The summed E-state index contributed by atoms with van der Waals surface area (Å²) < 4.78 is 0. The van der Waals surface area contributed by atoms with Gasteiger partial charge in [-0.25, -0.2) is 0 Å². The van der Waals surface area contributed by atoms with Crippen molar-refractivity contribution in [3.63, 3.8) is 0 Å². The molecule has 3 aliphatic rings. The van der Waals surface area contributed by atoms with E-state index >= 15 is 0 Å². The minimum atomic E-state index is -0.892. The zero-order valence-corrected chi connectivity index (χ0v) is 16.1. The fourth-order valence-electron chi connectivity index (χ4n) is 6.11. The predicted octanol–water partition coefficient (Wildman–Crippen LogP) is 3.70. The lowest BCUT2D eigenvalue weighted by Crippen LogP contribution is -2.59. The first-order chi connectivity index (χ1) is 14.1. The van der Waals surface area contributed by atoms with Gasteiger partial charge in [-0.3, -0.25) is 14.5 Å². The predicted molar refractivity (Wildman–Crippen MR) is 111 cm³/mol. The molecule has 1 fully saturated rings. The van der Waals surface area contributed by atoms with Crippen molar-refractivity contribution in [3.8, 4) is 0 Å². The monoisotopic (exact) mass is 380 g/mol. The Morgan fingerprint density at radius 1 is 0.793 bits per heavy atom. The number of nitrogens with one attached hydrogen (secondary N) is 1. The summed E-state index contributed by atoms with van der Waals surface area (Å²) in [5.41, 5.74) is 3.66. The summed E-state index contributed by atoms with van der Waals surface area (Å²) in [6.45, 7) is 0.763. The Bertz CT molecular complexity index is 1170. The van der Waals surface area contributed by atoms with Gasteiger partial charge >= 0.3 is 0 Å². The number of anilines is 1. The molecular formula is C25H20N2O2. The number of likely N-dealkylation sites (tertiary alicyclic amines) is 1. The molecule has 2 spiro atoms. The van der Waals surface area contributed by atoms with E-state index in [1.165, 1.54) is 0 Å². The number of likely N-dealkylation sites (N-methyl/N-ethyl adjacent to an activating group) is 1. The normalized spacial score (nSPS) is 23.8. The molecule has 1 saturated heterocycles. The Morgan fingerprint density at radius 3 is 2.00 bits per heavy atom. The highest BCUT2D eigenvalue weighted by molar-refractivity contribution is 6.15. The van der Waals surface area contributed by atoms with Crippen LogP contribution in [0.2, 0.25) is 0 Å². The molecule has 4 heteroatoms. The zero-order chi connectivity index (χ0) is 19.8. The number of rotatable bonds is 0. The highest BCUT2D eigenvalue weighted by atomic mass is 16.2. The van der Waals surface area contributed by atoms with E-state index in [0.29, 0.717) is 11.1 Å². The Kier molecular flexibility index (Phi) is 3.12. The Labute approximate surface area is 169 Å². The van der Waals surface area contributed by atoms with E-state index in [-0.39, 0.29) is 11.7 Å². The summed E-state index contributed by atoms with van der Waals surface area (Å²) >= 11 is 0. The van der Waals surface area contributed by atoms with Gasteiger partial charge in [0, 0.05) is 28.9 Å². The second-order valence-corrected chi connectivity index (χ2v) is 8.21. The van der Waals surface area contributed by atoms with E-state index in [4.69, 9.17) is 0 Å². The summed E-state index contributed by atoms with van der Waals surface area (Å²) in [6.07, 6.45) is 0.770. The molecule has 1 atom stereocenters. The number of ketones is 1. The SMILES string of the molecule is CN1CCC2(c3ccccc3C(=O)c3ccccc32)[C@@]12C(=O)Nc1ccccc12. The van der Waals surface area contributed by atoms with Crippen molar-refractivity contribution in [1.29, 1.82) is 0 Å². The standard InChI is InChI=1S/C25H20N2O2/c1-27-15-14-24(25(27)20-12-6-7-13-21(20)26-23(25)29)18-10-4-2-8-16(18)22(28)17-9-3-5-11-19(17)24/h2-13H,14-15H2,1H3,(H,26,29)/t25-/m1/s1. The molecule has 1 N–H and O–H groups in total. The molecule has 3 aromatic rings. The maximum atomic E-state index is 13.8. The first kappa shape index (κ1) is 16.7. The molecule has 2 heterocycles. The molecule has 0 saturated carbocycles. The van der Waals surface area contributed by atoms with Gasteiger partial charge in [-0.15, -0.1) is 0 Å². The molecule has 0 radical (unpaired) electrons. The van der Waals surface area contributed by atoms with Crippen LogP contribution in [0.15, 0.2) is 72.8 Å². The summed E-state index contributed by atoms with van der Waals surface area (Å²) in [4.78, 5) is 29.3. The van der Waals surface area contributed by atoms with Gasteiger partial charge in [0.1, 0.15) is 5.54 Å². The number of carbonyl (C=O) groups excluding carboxylic acids is 2. The van der Waals surface area contributed by atoms with Crippen LogP contribution in [0.3, 0.4) is 0 Å². The minimum absolute atomic E-state index is 0.0161. The first-order valence-electron chi connectivity index (χ1n) is 9.98. The molecule has 2 aliphatic heterocycles. The van der Waals surface area contributed by atoms with Crippen LogP contribution in [-0.4, -0.2) is 30.2 Å². The number of hydrogen-bond acceptors (Lipinski definition) is 3. The Hall–Kier alpha value is -3.24. The molecule has 1 aliphatic carbocycles. The molecule has 1 amide bonds. The lowest BCUT2D eigenvalue weighted by atomic mass is 9.55. The van der Waals surface area contributed by atoms with Crippen LogP contribution in [0.1, 0.15) is 39.0 Å². The van der Waals surface area contributed by atoms with Crippen LogP contribution in [0, 0.1) is 0 Å². The maximum Gasteiger partial charge on any atom is 0.250 e. The molecule has 3 aromatic carbocycles. The largest absolute Gasteiger partial charge is 0.324 e. The van der Waals surface area contributed by atoms with Crippen LogP contribution in [0.25, 0.3) is 0 Å². The zero-order valence-electron chi connectivity index (χ0n) is 16.1. The molecule has 6 rings (SSSR count). The van der Waals surface area contributed by atoms with Gasteiger partial charge in [0.25, 0.3) is 5.91 Å². The molecular weight excluding hydrogens is 360 g/mol. The van der Waals surface area contributed by atoms with Crippen LogP contribution in [-0.2, 0) is 15.7 Å². The third-order valence-corrected chi connectivity index (χ3v) is 7.17. The van der Waals surface area contributed by atoms with Gasteiger partial charge in [-0.05, 0) is 30.7 Å². The van der Waals surface area contributed by atoms with Gasteiger partial charge in [-0.1, -0.05) is 66.7 Å². The third kappa shape index (κ3) is 1.70. The number of fused-ring (bicyclic) bond motifs is 7. The van der Waals surface area contributed by atoms with E-state index in [1.807, 2.05) is 73.8 Å². The van der Waals surface area contributed by atoms with Crippen molar-refractivity contribution >= 4 is 17.4 Å². The van der Waals surface area contributed by atoms with Gasteiger partial charge in [0.05, 0.1) is 5.41 Å². The highest BCUT2D eigenvalue weighted by Crippen LogP contribution is 2.63. The Morgan fingerprint density at radius 2 is 1.34 bits per heavy atom. The summed E-state index contributed by atoms with van der Waals surface area (Å²) in [5, 5.41) is 3.14. The van der Waals surface area contributed by atoms with Gasteiger partial charge in [0.2, 0.25) is 0 Å². The van der Waals surface area contributed by atoms with Gasteiger partial charge < -0.3 is 5.32 Å². The average Bonchev–Trinajstić information content (AvgIpc) is 3.23. The van der Waals surface area contributed by atoms with Crippen molar-refractivity contribution in [2.24, 2.45) is 0 Å². The summed E-state index contributed by atoms with van der Waals surface area (Å²) in [5.74, 6) is 0.0240. The maximum absolute atomic E-state index is 13.8. The second kappa shape index (κ2) is 5.43. The number of para-hydroxylation sites is 1. The fraction of sp³-hybridized carbons (Fsp3) is 0.200. The second-order valence-electron chi connectivity index (χ2n) is 8.21. The van der Waals surface area contributed by atoms with Gasteiger partial charge in [0.15, 0.2) is 5.78 Å². The van der Waals surface area contributed by atoms with Crippen LogP contribution in [0.5, 0.6) is 0 Å². The van der Waals surface area contributed by atoms with Crippen molar-refractivity contribution in [2.75, 3.05) is 18.9 Å². The van der Waals surface area contributed by atoms with E-state index in [9.17, 15) is 9.59 Å². The van der Waals surface area contributed by atoms with Crippen LogP contribution < -0.4 is 5.32 Å². The summed E-state index contributed by atoms with van der Waals surface area (Å²) in [7, 11) is 2.03. The van der Waals surface area contributed by atoms with E-state index in [1.54, 1.807) is 0 Å². The topological polar surface area (TPSA) is 49.4 Å². The quantitative estimate of drug-likeness (QED) is 0.647. The van der Waals surface area contributed by atoms with Crippen molar-refractivity contribution in [2.45, 2.75) is 17.4 Å². The fourth-order valence-corrected chi connectivity index (χ4v) is 6.11. The van der Waals surface area contributed by atoms with E-state index < -0.39 is 11.0 Å². The smallest absolute Gasteiger partial charge is 0.250 e. The van der Waals surface area contributed by atoms with Crippen LogP contribution >= 0.6 is 0 Å². The average molecular weight is 380 g/mol. The van der Waals surface area contributed by atoms with E-state index in [2.05, 4.69) is 16.3 Å². The first-order valence-corrected chi connectivity index (χ1v) is 9.98. The molecule has 0 unspecified atom stereocenters. The minimum Gasteiger partial charge on any atom is -0.324 e. The molecule has 0 bridgehead atoms. The number of benzene rings is 3. The van der Waals surface area contributed by atoms with Gasteiger partial charge in [-0.2, -0.15) is 0 Å². The molecule has 4 nitrogen and oxygen atoms in total. The lowest BCUT2D eigenvalue weighted by Gasteiger charge is -2.48. The highest BCUT2D eigenvalue weighted by Gasteiger charge is 2.69. The molecule has 142 valence electrons. The molecule has 29 heavy (non-hydrogen) atoms. The van der Waals surface area contributed by atoms with Crippen LogP contribution in [0.4, 0.5) is 5.69 Å². The Balaban J connectivity index is 1.80. The third-order valence-electron chi connectivity index (χ3n) is 7.17. The number of nitrogens with zero attached hydrogens (tertiary/aromatic N) is 1. The number of carbonyl (C=O) groups is 2. The lowest BCUT2D eigenvalue weighted by molar-refractivity contribution is -0.127. The number of amides is 1. The van der Waals surface area contributed by atoms with Crippen molar-refractivity contribution in [3.05, 3.63) is 101 Å². The molecule has 0 aromatic heterocycles. The van der Waals surface area contributed by atoms with E-state index in [0.717, 1.165) is 35.3 Å². The summed E-state index contributed by atoms with van der Waals surface area (Å²) in [6, 6.07) is 23.6. The number of hydrogen-bond donors (Lipinski definition) is 1. The van der Waals surface area contributed by atoms with Crippen molar-refractivity contribution in [1.82, 2.24) is 4.90 Å².